The maximum atomic E-state index is 12.9. The zero-order valence-electron chi connectivity index (χ0n) is 51.7. The molecular weight excluding hydrogens is 961 g/mol. The topological polar surface area (TPSA) is 78.9 Å². The van der Waals surface area contributed by atoms with Gasteiger partial charge in [-0.1, -0.05) is 286 Å². The summed E-state index contributed by atoms with van der Waals surface area (Å²) < 4.78 is 16.9. The van der Waals surface area contributed by atoms with Crippen molar-refractivity contribution in [2.45, 2.75) is 341 Å². The summed E-state index contributed by atoms with van der Waals surface area (Å²) in [5.41, 5.74) is 0. The van der Waals surface area contributed by atoms with Crippen molar-refractivity contribution in [3.63, 3.8) is 0 Å². The van der Waals surface area contributed by atoms with Crippen molar-refractivity contribution < 1.29 is 28.6 Å². The molecule has 0 bridgehead atoms. The third kappa shape index (κ3) is 63.4. The Hall–Kier alpha value is -3.41. The van der Waals surface area contributed by atoms with Gasteiger partial charge in [0.2, 0.25) is 0 Å². The van der Waals surface area contributed by atoms with Crippen LogP contribution in [0, 0.1) is 0 Å². The van der Waals surface area contributed by atoms with E-state index in [2.05, 4.69) is 106 Å². The highest BCUT2D eigenvalue weighted by atomic mass is 16.6. The molecule has 0 N–H and O–H groups in total. The Bertz CT molecular complexity index is 1480. The van der Waals surface area contributed by atoms with Gasteiger partial charge in [-0.2, -0.15) is 0 Å². The van der Waals surface area contributed by atoms with Crippen LogP contribution in [0.15, 0.2) is 85.1 Å². The lowest BCUT2D eigenvalue weighted by molar-refractivity contribution is -0.167. The minimum atomic E-state index is -0.792. The molecule has 0 rings (SSSR count). The summed E-state index contributed by atoms with van der Waals surface area (Å²) in [4.78, 5) is 38.4. The van der Waals surface area contributed by atoms with Crippen LogP contribution in [-0.2, 0) is 28.6 Å². The fraction of sp³-hybridized carbons (Fsp3) is 0.764. The van der Waals surface area contributed by atoms with Gasteiger partial charge in [0, 0.05) is 19.3 Å². The second-order valence-electron chi connectivity index (χ2n) is 22.3. The zero-order valence-corrected chi connectivity index (χ0v) is 51.7. The highest BCUT2D eigenvalue weighted by molar-refractivity contribution is 5.71. The number of allylic oxidation sites excluding steroid dienone is 14. The van der Waals surface area contributed by atoms with E-state index in [4.69, 9.17) is 14.2 Å². The monoisotopic (exact) mass is 1090 g/mol. The van der Waals surface area contributed by atoms with E-state index in [-0.39, 0.29) is 31.1 Å². The van der Waals surface area contributed by atoms with E-state index in [1.165, 1.54) is 180 Å². The lowest BCUT2D eigenvalue weighted by Gasteiger charge is -2.18. The van der Waals surface area contributed by atoms with Gasteiger partial charge >= 0.3 is 17.9 Å². The van der Waals surface area contributed by atoms with Crippen LogP contribution in [0.4, 0.5) is 0 Å². The second-order valence-corrected chi connectivity index (χ2v) is 22.3. The number of hydrogen-bond donors (Lipinski definition) is 0. The molecule has 6 nitrogen and oxygen atoms in total. The van der Waals surface area contributed by atoms with Gasteiger partial charge < -0.3 is 14.2 Å². The number of ether oxygens (including phenoxy) is 3. The van der Waals surface area contributed by atoms with Crippen LogP contribution in [0.2, 0.25) is 0 Å². The number of carbonyl (C=O) groups excluding carboxylic acids is 3. The molecule has 1 unspecified atom stereocenters. The smallest absolute Gasteiger partial charge is 0.306 e. The molecule has 0 aromatic rings. The summed E-state index contributed by atoms with van der Waals surface area (Å²) >= 11 is 0. The third-order valence-electron chi connectivity index (χ3n) is 14.6. The number of hydrogen-bond acceptors (Lipinski definition) is 6. The first-order valence-corrected chi connectivity index (χ1v) is 33.6. The SMILES string of the molecule is CC/C=C\C/C=C\C/C=C\C/C=C\C/C=C\CCCCCCCC(=O)OC(COC(=O)CCCCCCC/C=C\CCCCCCC)COC(=O)CCCCCCCCCCCCCCC/C=C\CCCCCCCCCC. The van der Waals surface area contributed by atoms with Gasteiger partial charge in [-0.25, -0.2) is 0 Å². The molecule has 0 aromatic heterocycles. The van der Waals surface area contributed by atoms with E-state index < -0.39 is 6.10 Å². The predicted octanol–water partition coefficient (Wildman–Crippen LogP) is 23.1. The fourth-order valence-corrected chi connectivity index (χ4v) is 9.58. The van der Waals surface area contributed by atoms with Gasteiger partial charge in [0.05, 0.1) is 0 Å². The van der Waals surface area contributed by atoms with Crippen molar-refractivity contribution in [3.05, 3.63) is 85.1 Å². The molecular formula is C72H126O6. The zero-order chi connectivity index (χ0) is 56.4. The van der Waals surface area contributed by atoms with Crippen molar-refractivity contribution in [1.82, 2.24) is 0 Å². The maximum Gasteiger partial charge on any atom is 0.306 e. The lowest BCUT2D eigenvalue weighted by Crippen LogP contribution is -2.30. The van der Waals surface area contributed by atoms with E-state index >= 15 is 0 Å². The minimum Gasteiger partial charge on any atom is -0.462 e. The van der Waals surface area contributed by atoms with Gasteiger partial charge in [0.15, 0.2) is 6.10 Å². The number of esters is 3. The molecule has 0 aromatic carbocycles. The van der Waals surface area contributed by atoms with Crippen LogP contribution in [0.5, 0.6) is 0 Å². The van der Waals surface area contributed by atoms with Crippen LogP contribution in [0.25, 0.3) is 0 Å². The summed E-state index contributed by atoms with van der Waals surface area (Å²) in [5, 5.41) is 0. The average Bonchev–Trinajstić information content (AvgIpc) is 3.44. The lowest BCUT2D eigenvalue weighted by atomic mass is 10.0. The molecule has 0 spiro atoms. The molecule has 450 valence electrons. The van der Waals surface area contributed by atoms with Crippen molar-refractivity contribution in [3.8, 4) is 0 Å². The van der Waals surface area contributed by atoms with Crippen LogP contribution < -0.4 is 0 Å². The molecule has 1 atom stereocenters. The summed E-state index contributed by atoms with van der Waals surface area (Å²) in [6.07, 6.45) is 87.4. The highest BCUT2D eigenvalue weighted by Crippen LogP contribution is 2.17. The van der Waals surface area contributed by atoms with Crippen LogP contribution >= 0.6 is 0 Å². The van der Waals surface area contributed by atoms with E-state index in [9.17, 15) is 14.4 Å². The van der Waals surface area contributed by atoms with Crippen LogP contribution in [-0.4, -0.2) is 37.2 Å². The van der Waals surface area contributed by atoms with Gasteiger partial charge in [-0.15, -0.1) is 0 Å². The normalized spacial score (nSPS) is 12.6. The van der Waals surface area contributed by atoms with E-state index in [1.54, 1.807) is 0 Å². The number of rotatable bonds is 61. The van der Waals surface area contributed by atoms with Crippen LogP contribution in [0.3, 0.4) is 0 Å². The summed E-state index contributed by atoms with van der Waals surface area (Å²) in [6.45, 7) is 6.53. The molecule has 0 saturated carbocycles. The number of carbonyl (C=O) groups is 3. The molecule has 78 heavy (non-hydrogen) atoms. The first-order valence-electron chi connectivity index (χ1n) is 33.6. The van der Waals surface area contributed by atoms with E-state index in [0.29, 0.717) is 19.3 Å². The maximum absolute atomic E-state index is 12.9. The summed E-state index contributed by atoms with van der Waals surface area (Å²) in [6, 6.07) is 0. The largest absolute Gasteiger partial charge is 0.462 e. The van der Waals surface area contributed by atoms with Gasteiger partial charge in [0.25, 0.3) is 0 Å². The van der Waals surface area contributed by atoms with Gasteiger partial charge in [-0.05, 0) is 116 Å². The third-order valence-corrected chi connectivity index (χ3v) is 14.6. The minimum absolute atomic E-state index is 0.0856. The Kier molecular flexibility index (Phi) is 63.2. The van der Waals surface area contributed by atoms with E-state index in [1.807, 2.05) is 0 Å². The van der Waals surface area contributed by atoms with Gasteiger partial charge in [-0.3, -0.25) is 14.4 Å². The molecule has 0 heterocycles. The van der Waals surface area contributed by atoms with Gasteiger partial charge in [0.1, 0.15) is 13.2 Å². The molecule has 0 fully saturated rings. The van der Waals surface area contributed by atoms with Crippen molar-refractivity contribution in [2.24, 2.45) is 0 Å². The molecule has 0 radical (unpaired) electrons. The molecule has 6 heteroatoms. The fourth-order valence-electron chi connectivity index (χ4n) is 9.58. The van der Waals surface area contributed by atoms with Crippen LogP contribution in [0.1, 0.15) is 335 Å². The Labute approximate surface area is 484 Å². The second kappa shape index (κ2) is 66.1. The molecule has 0 saturated heterocycles. The first kappa shape index (κ1) is 74.6. The molecule has 0 aliphatic rings. The quantitative estimate of drug-likeness (QED) is 0.0261. The summed E-state index contributed by atoms with van der Waals surface area (Å²) in [5.74, 6) is -0.900. The first-order chi connectivity index (χ1) is 38.5. The highest BCUT2D eigenvalue weighted by Gasteiger charge is 2.19. The standard InChI is InChI=1S/C72H126O6/c1-4-7-10-13-16-19-22-25-28-30-32-34-35-36-37-39-40-42-44-47-50-53-56-59-62-65-71(74)77-68-69(67-76-70(73)64-61-58-55-52-49-46-27-24-21-18-15-12-9-6-3)78-72(75)66-63-60-57-54-51-48-45-43-41-38-33-31-29-26-23-20-17-14-11-8-5-2/h8,11,17,20,24,26-27,29-30,32-33,38,43,45,69H,4-7,9-10,12-16,18-19,21-23,25,28,31,34-37,39-42,44,46-68H2,1-3H3/b11-8-,20-17-,27-24-,29-26-,32-30-,38-33-,45-43-. The Morgan fingerprint density at radius 2 is 0.500 bits per heavy atom. The molecule has 0 aliphatic heterocycles. The Morgan fingerprint density at radius 1 is 0.269 bits per heavy atom. The molecule has 0 amide bonds. The van der Waals surface area contributed by atoms with Crippen molar-refractivity contribution in [1.29, 1.82) is 0 Å². The predicted molar refractivity (Wildman–Crippen MR) is 339 cm³/mol. The summed E-state index contributed by atoms with van der Waals surface area (Å²) in [7, 11) is 0. The van der Waals surface area contributed by atoms with E-state index in [0.717, 1.165) is 116 Å². The van der Waals surface area contributed by atoms with Crippen molar-refractivity contribution in [2.75, 3.05) is 13.2 Å². The Morgan fingerprint density at radius 3 is 0.795 bits per heavy atom. The Balaban J connectivity index is 4.34. The van der Waals surface area contributed by atoms with Crippen molar-refractivity contribution >= 4 is 17.9 Å². The average molecular weight is 1090 g/mol. The number of unbranched alkanes of at least 4 members (excludes halogenated alkanes) is 36. The molecule has 0 aliphatic carbocycles.